The van der Waals surface area contributed by atoms with Crippen LogP contribution < -0.4 is 10.2 Å². The van der Waals surface area contributed by atoms with Crippen molar-refractivity contribution in [3.05, 3.63) is 41.4 Å². The second-order valence-corrected chi connectivity index (χ2v) is 6.67. The molecule has 6 nitrogen and oxygen atoms in total. The summed E-state index contributed by atoms with van der Waals surface area (Å²) in [6.07, 6.45) is 4.34. The highest BCUT2D eigenvalue weighted by atomic mass is 35.5. The highest BCUT2D eigenvalue weighted by Gasteiger charge is 2.24. The highest BCUT2D eigenvalue weighted by Crippen LogP contribution is 2.29. The molecule has 2 aromatic heterocycles. The first kappa shape index (κ1) is 15.2. The number of benzene rings is 1. The maximum atomic E-state index is 6.15. The lowest BCUT2D eigenvalue weighted by Gasteiger charge is -2.21. The number of anilines is 2. The Morgan fingerprint density at radius 2 is 2.25 bits per heavy atom. The number of aromatic amines is 1. The van der Waals surface area contributed by atoms with Gasteiger partial charge in [-0.1, -0.05) is 17.7 Å². The number of halogens is 1. The largest absolute Gasteiger partial charge is 0.371 e. The van der Waals surface area contributed by atoms with Gasteiger partial charge in [0, 0.05) is 30.3 Å². The van der Waals surface area contributed by atoms with E-state index in [9.17, 15) is 0 Å². The van der Waals surface area contributed by atoms with Crippen LogP contribution in [-0.2, 0) is 0 Å². The molecule has 1 aliphatic rings. The quantitative estimate of drug-likeness (QED) is 0.761. The molecule has 2 N–H and O–H groups in total. The monoisotopic (exact) mass is 342 g/mol. The summed E-state index contributed by atoms with van der Waals surface area (Å²) in [4.78, 5) is 18.1. The van der Waals surface area contributed by atoms with Crippen molar-refractivity contribution in [3.63, 3.8) is 0 Å². The molecule has 124 valence electrons. The van der Waals surface area contributed by atoms with Gasteiger partial charge in [0.05, 0.1) is 6.33 Å². The zero-order chi connectivity index (χ0) is 16.5. The van der Waals surface area contributed by atoms with Gasteiger partial charge in [-0.25, -0.2) is 15.0 Å². The van der Waals surface area contributed by atoms with Crippen LogP contribution in [0.1, 0.15) is 12.0 Å². The summed E-state index contributed by atoms with van der Waals surface area (Å²) in [5, 5.41) is 4.23. The maximum Gasteiger partial charge on any atom is 0.182 e. The number of hydrogen-bond acceptors (Lipinski definition) is 5. The van der Waals surface area contributed by atoms with Gasteiger partial charge in [-0.2, -0.15) is 0 Å². The molecule has 1 unspecified atom stereocenters. The summed E-state index contributed by atoms with van der Waals surface area (Å²) in [7, 11) is 0. The number of hydrogen-bond donors (Lipinski definition) is 2. The smallest absolute Gasteiger partial charge is 0.182 e. The average molecular weight is 343 g/mol. The van der Waals surface area contributed by atoms with Crippen molar-refractivity contribution in [2.24, 2.45) is 5.92 Å². The van der Waals surface area contributed by atoms with Gasteiger partial charge in [-0.05, 0) is 37.0 Å². The van der Waals surface area contributed by atoms with Crippen molar-refractivity contribution in [2.75, 3.05) is 29.9 Å². The van der Waals surface area contributed by atoms with E-state index in [0.29, 0.717) is 11.6 Å². The molecular formula is C17H19ClN6. The predicted molar refractivity (Wildman–Crippen MR) is 96.7 cm³/mol. The minimum atomic E-state index is 0.566. The number of aryl methyl sites for hydroxylation is 1. The molecule has 24 heavy (non-hydrogen) atoms. The van der Waals surface area contributed by atoms with Crippen LogP contribution in [0.15, 0.2) is 30.9 Å². The van der Waals surface area contributed by atoms with Crippen LogP contribution in [0.2, 0.25) is 5.02 Å². The van der Waals surface area contributed by atoms with Gasteiger partial charge in [-0.15, -0.1) is 0 Å². The predicted octanol–water partition coefficient (Wildman–Crippen LogP) is 3.25. The van der Waals surface area contributed by atoms with E-state index in [2.05, 4.69) is 49.2 Å². The number of rotatable bonds is 4. The number of nitrogens with zero attached hydrogens (tertiary/aromatic N) is 4. The molecule has 1 aliphatic heterocycles. The Balaban J connectivity index is 1.42. The van der Waals surface area contributed by atoms with E-state index in [0.717, 1.165) is 42.4 Å². The molecular weight excluding hydrogens is 324 g/mol. The van der Waals surface area contributed by atoms with E-state index in [1.165, 1.54) is 11.3 Å². The molecule has 0 saturated carbocycles. The first-order valence-electron chi connectivity index (χ1n) is 8.10. The summed E-state index contributed by atoms with van der Waals surface area (Å²) in [6.45, 7) is 5.08. The molecule has 0 amide bonds. The summed E-state index contributed by atoms with van der Waals surface area (Å²) >= 11 is 6.15. The summed E-state index contributed by atoms with van der Waals surface area (Å²) in [6, 6.07) is 6.09. The Hall–Kier alpha value is -2.34. The van der Waals surface area contributed by atoms with Crippen molar-refractivity contribution < 1.29 is 0 Å². The molecule has 3 aromatic rings. The second-order valence-electron chi connectivity index (χ2n) is 6.24. The Labute approximate surface area is 145 Å². The van der Waals surface area contributed by atoms with E-state index in [4.69, 9.17) is 11.6 Å². The average Bonchev–Trinajstić information content (AvgIpc) is 3.24. The lowest BCUT2D eigenvalue weighted by atomic mass is 10.1. The number of nitrogens with one attached hydrogen (secondary N) is 2. The first-order valence-corrected chi connectivity index (χ1v) is 8.47. The first-order chi connectivity index (χ1) is 11.7. The Kier molecular flexibility index (Phi) is 3.98. The molecule has 3 heterocycles. The molecule has 0 radical (unpaired) electrons. The molecule has 1 aromatic carbocycles. The van der Waals surface area contributed by atoms with E-state index >= 15 is 0 Å². The zero-order valence-electron chi connectivity index (χ0n) is 13.5. The summed E-state index contributed by atoms with van der Waals surface area (Å²) < 4.78 is 0. The normalized spacial score (nSPS) is 17.6. The summed E-state index contributed by atoms with van der Waals surface area (Å²) in [5.74, 6) is 1.38. The van der Waals surface area contributed by atoms with Gasteiger partial charge in [0.15, 0.2) is 11.5 Å². The molecule has 1 fully saturated rings. The topological polar surface area (TPSA) is 69.7 Å². The number of fused-ring (bicyclic) bond motifs is 1. The number of H-pyrrole nitrogens is 1. The molecule has 0 aliphatic carbocycles. The van der Waals surface area contributed by atoms with Crippen LogP contribution in [0, 0.1) is 12.8 Å². The highest BCUT2D eigenvalue weighted by molar-refractivity contribution is 6.30. The molecule has 0 spiro atoms. The third-order valence-corrected chi connectivity index (χ3v) is 4.81. The molecule has 7 heteroatoms. The fraction of sp³-hybridized carbons (Fsp3) is 0.353. The zero-order valence-corrected chi connectivity index (χ0v) is 14.2. The van der Waals surface area contributed by atoms with E-state index in [-0.39, 0.29) is 0 Å². The standard InChI is InChI=1S/C17H19ClN6/c1-11-2-3-13(18)6-14(11)24-5-4-12(8-24)7-19-16-15-17(21-9-20-15)23-10-22-16/h2-3,6,9-10,12H,4-5,7-8H2,1H3,(H2,19,20,21,22,23). The van der Waals surface area contributed by atoms with E-state index in [1.807, 2.05) is 6.07 Å². The Bertz CT molecular complexity index is 861. The van der Waals surface area contributed by atoms with Crippen molar-refractivity contribution in [3.8, 4) is 0 Å². The molecule has 0 bridgehead atoms. The van der Waals surface area contributed by atoms with Crippen LogP contribution in [0.3, 0.4) is 0 Å². The summed E-state index contributed by atoms with van der Waals surface area (Å²) in [5.41, 5.74) is 4.05. The van der Waals surface area contributed by atoms with Gasteiger partial charge in [0.1, 0.15) is 11.8 Å². The van der Waals surface area contributed by atoms with Crippen LogP contribution in [0.25, 0.3) is 11.2 Å². The number of imidazole rings is 1. The Morgan fingerprint density at radius 3 is 3.17 bits per heavy atom. The van der Waals surface area contributed by atoms with Crippen molar-refractivity contribution in [1.82, 2.24) is 19.9 Å². The fourth-order valence-electron chi connectivity index (χ4n) is 3.28. The van der Waals surface area contributed by atoms with E-state index in [1.54, 1.807) is 12.7 Å². The fourth-order valence-corrected chi connectivity index (χ4v) is 3.45. The lowest BCUT2D eigenvalue weighted by Crippen LogP contribution is -2.23. The van der Waals surface area contributed by atoms with Crippen molar-refractivity contribution in [1.29, 1.82) is 0 Å². The SMILES string of the molecule is Cc1ccc(Cl)cc1N1CCC(CNc2ncnc3nc[nH]c23)C1. The van der Waals surface area contributed by atoms with E-state index < -0.39 is 0 Å². The minimum absolute atomic E-state index is 0.566. The second kappa shape index (κ2) is 6.28. The maximum absolute atomic E-state index is 6.15. The van der Waals surface area contributed by atoms with Crippen molar-refractivity contribution in [2.45, 2.75) is 13.3 Å². The Morgan fingerprint density at radius 1 is 1.33 bits per heavy atom. The third-order valence-electron chi connectivity index (χ3n) is 4.58. The minimum Gasteiger partial charge on any atom is -0.371 e. The van der Waals surface area contributed by atoms with Gasteiger partial charge in [0.25, 0.3) is 0 Å². The lowest BCUT2D eigenvalue weighted by molar-refractivity contribution is 0.621. The number of aromatic nitrogens is 4. The van der Waals surface area contributed by atoms with Crippen molar-refractivity contribution >= 4 is 34.3 Å². The third kappa shape index (κ3) is 2.89. The van der Waals surface area contributed by atoms with Crippen LogP contribution in [-0.4, -0.2) is 39.6 Å². The van der Waals surface area contributed by atoms with Crippen LogP contribution >= 0.6 is 11.6 Å². The molecule has 4 rings (SSSR count). The van der Waals surface area contributed by atoms with Gasteiger partial charge in [-0.3, -0.25) is 0 Å². The van der Waals surface area contributed by atoms with Gasteiger partial charge < -0.3 is 15.2 Å². The van der Waals surface area contributed by atoms with Crippen LogP contribution in [0.5, 0.6) is 0 Å². The van der Waals surface area contributed by atoms with Crippen LogP contribution in [0.4, 0.5) is 11.5 Å². The molecule has 1 saturated heterocycles. The van der Waals surface area contributed by atoms with Gasteiger partial charge in [0.2, 0.25) is 0 Å². The van der Waals surface area contributed by atoms with Gasteiger partial charge >= 0.3 is 0 Å². The molecule has 1 atom stereocenters.